The van der Waals surface area contributed by atoms with Crippen molar-refractivity contribution < 1.29 is 4.79 Å². The number of nitrogens with zero attached hydrogens (tertiary/aromatic N) is 2. The quantitative estimate of drug-likeness (QED) is 0.856. The Balaban J connectivity index is 1.17. The van der Waals surface area contributed by atoms with Crippen molar-refractivity contribution in [1.29, 1.82) is 0 Å². The fourth-order valence-corrected chi connectivity index (χ4v) is 6.93. The van der Waals surface area contributed by atoms with Crippen LogP contribution in [0.1, 0.15) is 30.1 Å². The second kappa shape index (κ2) is 7.74. The van der Waals surface area contributed by atoms with Crippen molar-refractivity contribution in [3.05, 3.63) is 35.2 Å². The van der Waals surface area contributed by atoms with E-state index in [-0.39, 0.29) is 6.04 Å². The van der Waals surface area contributed by atoms with E-state index in [2.05, 4.69) is 40.5 Å². The molecule has 144 valence electrons. The van der Waals surface area contributed by atoms with E-state index < -0.39 is 0 Å². The number of carbonyl (C=O) groups is 1. The van der Waals surface area contributed by atoms with Crippen molar-refractivity contribution in [3.8, 4) is 0 Å². The molecule has 3 aliphatic rings. The van der Waals surface area contributed by atoms with Gasteiger partial charge in [0.05, 0.1) is 11.9 Å². The predicted molar refractivity (Wildman–Crippen MR) is 115 cm³/mol. The molecule has 4 nitrogen and oxygen atoms in total. The third kappa shape index (κ3) is 3.65. The van der Waals surface area contributed by atoms with Gasteiger partial charge >= 0.3 is 0 Å². The van der Waals surface area contributed by atoms with E-state index in [9.17, 15) is 4.79 Å². The molecule has 0 aliphatic carbocycles. The van der Waals surface area contributed by atoms with Gasteiger partial charge in [0.25, 0.3) is 0 Å². The predicted octanol–water partition coefficient (Wildman–Crippen LogP) is 3.34. The lowest BCUT2D eigenvalue weighted by atomic mass is 9.93. The Morgan fingerprint density at radius 1 is 1.15 bits per heavy atom. The molecular weight excluding hydrogens is 374 g/mol. The van der Waals surface area contributed by atoms with Gasteiger partial charge in [-0.2, -0.15) is 0 Å². The third-order valence-electron chi connectivity index (χ3n) is 6.36. The van der Waals surface area contributed by atoms with Gasteiger partial charge in [0.2, 0.25) is 5.91 Å². The first-order chi connectivity index (χ1) is 13.3. The van der Waals surface area contributed by atoms with E-state index in [1.54, 1.807) is 4.88 Å². The van der Waals surface area contributed by atoms with E-state index in [1.807, 2.05) is 28.0 Å². The Kier molecular flexibility index (Phi) is 5.15. The van der Waals surface area contributed by atoms with Crippen molar-refractivity contribution in [2.45, 2.75) is 37.3 Å². The van der Waals surface area contributed by atoms with Crippen molar-refractivity contribution in [3.63, 3.8) is 0 Å². The summed E-state index contributed by atoms with van der Waals surface area (Å²) in [5.74, 6) is 2.99. The minimum atomic E-state index is 0.0361. The van der Waals surface area contributed by atoms with Crippen LogP contribution < -0.4 is 5.32 Å². The smallest absolute Gasteiger partial charge is 0.240 e. The molecule has 0 spiro atoms. The normalized spacial score (nSPS) is 27.6. The van der Waals surface area contributed by atoms with Gasteiger partial charge in [-0.3, -0.25) is 9.69 Å². The number of thioether (sulfide) groups is 1. The molecule has 3 saturated heterocycles. The number of thiophene rings is 1. The number of hydrogen-bond acceptors (Lipinski definition) is 5. The first-order valence-electron chi connectivity index (χ1n) is 10.1. The van der Waals surface area contributed by atoms with E-state index in [0.29, 0.717) is 17.9 Å². The lowest BCUT2D eigenvalue weighted by molar-refractivity contribution is -0.131. The van der Waals surface area contributed by atoms with E-state index in [0.717, 1.165) is 44.2 Å². The summed E-state index contributed by atoms with van der Waals surface area (Å²) in [7, 11) is 0. The van der Waals surface area contributed by atoms with Crippen LogP contribution in [0.4, 0.5) is 0 Å². The highest BCUT2D eigenvalue weighted by molar-refractivity contribution is 7.99. The highest BCUT2D eigenvalue weighted by atomic mass is 32.2. The number of rotatable bonds is 3. The molecule has 3 aliphatic heterocycles. The minimum Gasteiger partial charge on any atom is -0.331 e. The monoisotopic (exact) mass is 401 g/mol. The van der Waals surface area contributed by atoms with Crippen molar-refractivity contribution in [2.75, 3.05) is 37.8 Å². The lowest BCUT2D eigenvalue weighted by Crippen LogP contribution is -2.42. The summed E-state index contributed by atoms with van der Waals surface area (Å²) in [5, 5.41) is 4.89. The summed E-state index contributed by atoms with van der Waals surface area (Å²) in [6.45, 7) is 4.20. The molecule has 0 unspecified atom stereocenters. The summed E-state index contributed by atoms with van der Waals surface area (Å²) >= 11 is 3.84. The van der Waals surface area contributed by atoms with Crippen molar-refractivity contribution >= 4 is 39.1 Å². The molecule has 27 heavy (non-hydrogen) atoms. The van der Waals surface area contributed by atoms with Crippen molar-refractivity contribution in [1.82, 2.24) is 15.1 Å². The van der Waals surface area contributed by atoms with Crippen LogP contribution in [-0.2, 0) is 4.79 Å². The van der Waals surface area contributed by atoms with Crippen molar-refractivity contribution in [2.24, 2.45) is 0 Å². The van der Waals surface area contributed by atoms with Crippen LogP contribution in [-0.4, -0.2) is 65.6 Å². The van der Waals surface area contributed by atoms with Gasteiger partial charge in [-0.25, -0.2) is 0 Å². The number of fused-ring (bicyclic) bond motifs is 1. The topological polar surface area (TPSA) is 35.6 Å². The molecule has 0 saturated carbocycles. The Morgan fingerprint density at radius 3 is 2.78 bits per heavy atom. The molecule has 1 amide bonds. The van der Waals surface area contributed by atoms with Gasteiger partial charge in [-0.05, 0) is 55.8 Å². The number of likely N-dealkylation sites (tertiary alicyclic amines) is 1. The van der Waals surface area contributed by atoms with Gasteiger partial charge in [0, 0.05) is 34.5 Å². The SMILES string of the molecule is O=C([C@@H]1C[C@H](N2CCC(c3cc4ccccc4s3)CC2)CN1)N1CCSC1. The molecule has 6 heteroatoms. The largest absolute Gasteiger partial charge is 0.331 e. The van der Waals surface area contributed by atoms with Gasteiger partial charge in [-0.1, -0.05) is 18.2 Å². The van der Waals surface area contributed by atoms with E-state index in [1.165, 1.54) is 22.9 Å². The van der Waals surface area contributed by atoms with Gasteiger partial charge in [0.15, 0.2) is 0 Å². The third-order valence-corrected chi connectivity index (χ3v) is 8.61. The molecule has 1 aromatic heterocycles. The summed E-state index contributed by atoms with van der Waals surface area (Å²) < 4.78 is 1.41. The molecule has 1 aromatic carbocycles. The highest BCUT2D eigenvalue weighted by Gasteiger charge is 2.37. The van der Waals surface area contributed by atoms with Crippen LogP contribution >= 0.6 is 23.1 Å². The number of nitrogens with one attached hydrogen (secondary N) is 1. The maximum atomic E-state index is 12.6. The first kappa shape index (κ1) is 18.0. The van der Waals surface area contributed by atoms with Crippen LogP contribution in [0, 0.1) is 0 Å². The molecule has 2 aromatic rings. The Morgan fingerprint density at radius 2 is 2.00 bits per heavy atom. The Bertz CT molecular complexity index is 776. The maximum Gasteiger partial charge on any atom is 0.240 e. The standard InChI is InChI=1S/C21H27N3OS2/c25-21(24-9-10-26-14-24)18-12-17(13-22-18)23-7-5-15(6-8-23)20-11-16-3-1-2-4-19(16)27-20/h1-4,11,15,17-18,22H,5-10,12-14H2/t17-,18-/m0/s1. The minimum absolute atomic E-state index is 0.0361. The average Bonchev–Trinajstić information content (AvgIpc) is 3.48. The molecule has 2 atom stereocenters. The van der Waals surface area contributed by atoms with Crippen LogP contribution in [0.15, 0.2) is 30.3 Å². The fourth-order valence-electron chi connectivity index (χ4n) is 4.74. The van der Waals surface area contributed by atoms with Crippen LogP contribution in [0.3, 0.4) is 0 Å². The van der Waals surface area contributed by atoms with Crippen LogP contribution in [0.5, 0.6) is 0 Å². The average molecular weight is 402 g/mol. The maximum absolute atomic E-state index is 12.6. The second-order valence-corrected chi connectivity index (χ2v) is 10.2. The molecular formula is C21H27N3OS2. The summed E-state index contributed by atoms with van der Waals surface area (Å²) in [5.41, 5.74) is 0. The molecule has 5 rings (SSSR count). The number of amides is 1. The molecule has 0 bridgehead atoms. The Hall–Kier alpha value is -1.08. The Labute approximate surface area is 169 Å². The second-order valence-electron chi connectivity index (χ2n) is 7.99. The fraction of sp³-hybridized carbons (Fsp3) is 0.571. The molecule has 3 fully saturated rings. The molecule has 0 radical (unpaired) electrons. The number of benzene rings is 1. The van der Waals surface area contributed by atoms with Gasteiger partial charge < -0.3 is 10.2 Å². The van der Waals surface area contributed by atoms with E-state index in [4.69, 9.17) is 0 Å². The first-order valence-corrected chi connectivity index (χ1v) is 12.1. The zero-order valence-electron chi connectivity index (χ0n) is 15.6. The summed E-state index contributed by atoms with van der Waals surface area (Å²) in [4.78, 5) is 18.8. The van der Waals surface area contributed by atoms with Gasteiger partial charge in [-0.15, -0.1) is 23.1 Å². The molecule has 4 heterocycles. The van der Waals surface area contributed by atoms with Crippen LogP contribution in [0.2, 0.25) is 0 Å². The molecule has 1 N–H and O–H groups in total. The summed E-state index contributed by atoms with van der Waals surface area (Å²) in [6.07, 6.45) is 3.46. The zero-order valence-corrected chi connectivity index (χ0v) is 17.2. The lowest BCUT2D eigenvalue weighted by Gasteiger charge is -2.35. The van der Waals surface area contributed by atoms with Gasteiger partial charge in [0.1, 0.15) is 0 Å². The number of carbonyl (C=O) groups excluding carboxylic acids is 1. The number of hydrogen-bond donors (Lipinski definition) is 1. The summed E-state index contributed by atoms with van der Waals surface area (Å²) in [6, 6.07) is 11.7. The highest BCUT2D eigenvalue weighted by Crippen LogP contribution is 2.37. The number of piperidine rings is 1. The van der Waals surface area contributed by atoms with Crippen LogP contribution in [0.25, 0.3) is 10.1 Å². The zero-order chi connectivity index (χ0) is 18.2. The van der Waals surface area contributed by atoms with E-state index >= 15 is 0 Å².